The molecule has 5 nitrogen and oxygen atoms in total. The van der Waals surface area contributed by atoms with Crippen molar-refractivity contribution in [2.45, 2.75) is 33.1 Å². The third-order valence-electron chi connectivity index (χ3n) is 4.43. The van der Waals surface area contributed by atoms with Crippen molar-refractivity contribution in [3.8, 4) is 5.75 Å². The molecule has 0 saturated carbocycles. The molecule has 1 aliphatic rings. The Morgan fingerprint density at radius 2 is 2.08 bits per heavy atom. The van der Waals surface area contributed by atoms with Crippen molar-refractivity contribution >= 4 is 5.96 Å². The number of unbranched alkanes of at least 4 members (excludes halogenated alkanes) is 1. The number of hydrogen-bond donors (Lipinski definition) is 1. The number of benzene rings is 1. The van der Waals surface area contributed by atoms with Gasteiger partial charge in [0.2, 0.25) is 0 Å². The van der Waals surface area contributed by atoms with E-state index in [0.29, 0.717) is 5.92 Å². The molecule has 1 aromatic carbocycles. The lowest BCUT2D eigenvalue weighted by Crippen LogP contribution is -2.40. The summed E-state index contributed by atoms with van der Waals surface area (Å²) in [6.07, 6.45) is 3.24. The highest BCUT2D eigenvalue weighted by atomic mass is 16.5. The molecule has 140 valence electrons. The summed E-state index contributed by atoms with van der Waals surface area (Å²) in [5.74, 6) is 2.61. The van der Waals surface area contributed by atoms with Crippen LogP contribution < -0.4 is 10.1 Å². The number of aryl methyl sites for hydroxylation is 1. The zero-order chi connectivity index (χ0) is 17.9. The Morgan fingerprint density at radius 1 is 1.28 bits per heavy atom. The lowest BCUT2D eigenvalue weighted by molar-refractivity contribution is 0.157. The van der Waals surface area contributed by atoms with Crippen LogP contribution in [0.1, 0.15) is 31.7 Å². The molecule has 0 bridgehead atoms. The molecule has 1 N–H and O–H groups in total. The molecule has 1 saturated heterocycles. The van der Waals surface area contributed by atoms with Gasteiger partial charge in [-0.15, -0.1) is 0 Å². The smallest absolute Gasteiger partial charge is 0.193 e. The molecular formula is C20H33N3O2. The first kappa shape index (κ1) is 19.6. The van der Waals surface area contributed by atoms with Crippen molar-refractivity contribution in [1.82, 2.24) is 10.2 Å². The summed E-state index contributed by atoms with van der Waals surface area (Å²) in [5.41, 5.74) is 1.26. The van der Waals surface area contributed by atoms with Gasteiger partial charge in [-0.05, 0) is 45.2 Å². The van der Waals surface area contributed by atoms with Gasteiger partial charge >= 0.3 is 0 Å². The van der Waals surface area contributed by atoms with E-state index in [1.165, 1.54) is 12.0 Å². The lowest BCUT2D eigenvalue weighted by Gasteiger charge is -2.21. The minimum absolute atomic E-state index is 0.622. The average Bonchev–Trinajstić information content (AvgIpc) is 3.07. The third-order valence-corrected chi connectivity index (χ3v) is 4.43. The Bertz CT molecular complexity index is 516. The zero-order valence-electron chi connectivity index (χ0n) is 16.0. The van der Waals surface area contributed by atoms with E-state index in [2.05, 4.69) is 36.2 Å². The molecule has 25 heavy (non-hydrogen) atoms. The fraction of sp³-hybridized carbons (Fsp3) is 0.650. The van der Waals surface area contributed by atoms with E-state index in [0.717, 1.165) is 63.9 Å². The molecule has 0 aromatic heterocycles. The van der Waals surface area contributed by atoms with Crippen LogP contribution in [-0.2, 0) is 4.74 Å². The second-order valence-electron chi connectivity index (χ2n) is 6.66. The fourth-order valence-electron chi connectivity index (χ4n) is 3.05. The van der Waals surface area contributed by atoms with Crippen LogP contribution in [0.25, 0.3) is 0 Å². The van der Waals surface area contributed by atoms with Gasteiger partial charge in [0, 0.05) is 39.2 Å². The van der Waals surface area contributed by atoms with Gasteiger partial charge in [0.25, 0.3) is 0 Å². The Kier molecular flexibility index (Phi) is 8.60. The zero-order valence-corrected chi connectivity index (χ0v) is 16.0. The van der Waals surface area contributed by atoms with Gasteiger partial charge in [0.05, 0.1) is 13.2 Å². The Morgan fingerprint density at radius 3 is 2.80 bits per heavy atom. The minimum Gasteiger partial charge on any atom is -0.494 e. The highest BCUT2D eigenvalue weighted by Gasteiger charge is 2.24. The molecule has 0 radical (unpaired) electrons. The van der Waals surface area contributed by atoms with E-state index in [-0.39, 0.29) is 0 Å². The molecule has 1 atom stereocenters. The van der Waals surface area contributed by atoms with Crippen LogP contribution in [-0.4, -0.2) is 57.4 Å². The molecule has 1 aliphatic heterocycles. The molecular weight excluding hydrogens is 314 g/mol. The highest BCUT2D eigenvalue weighted by molar-refractivity contribution is 5.80. The largest absolute Gasteiger partial charge is 0.494 e. The van der Waals surface area contributed by atoms with Crippen molar-refractivity contribution in [1.29, 1.82) is 0 Å². The number of methoxy groups -OCH3 is 1. The van der Waals surface area contributed by atoms with Gasteiger partial charge in [0.15, 0.2) is 5.96 Å². The molecule has 0 aliphatic carbocycles. The van der Waals surface area contributed by atoms with Crippen molar-refractivity contribution in [3.05, 3.63) is 29.8 Å². The second-order valence-corrected chi connectivity index (χ2v) is 6.66. The van der Waals surface area contributed by atoms with Crippen molar-refractivity contribution in [3.63, 3.8) is 0 Å². The number of likely N-dealkylation sites (tertiary alicyclic amines) is 1. The number of nitrogens with zero attached hydrogens (tertiary/aromatic N) is 2. The first-order valence-electron chi connectivity index (χ1n) is 9.44. The number of hydrogen-bond acceptors (Lipinski definition) is 3. The molecule has 1 unspecified atom stereocenters. The standard InChI is InChI=1S/C20H33N3O2/c1-4-21-20(23-13-11-18(15-23)16-24-3)22-12-5-6-14-25-19-9-7-17(2)8-10-19/h7-10,18H,4-6,11-16H2,1-3H3,(H,21,22). The van der Waals surface area contributed by atoms with E-state index in [9.17, 15) is 0 Å². The summed E-state index contributed by atoms with van der Waals surface area (Å²) >= 11 is 0. The maximum absolute atomic E-state index is 5.77. The third kappa shape index (κ3) is 6.94. The van der Waals surface area contributed by atoms with Crippen LogP contribution in [0.5, 0.6) is 5.75 Å². The van der Waals surface area contributed by atoms with Crippen molar-refractivity contribution in [2.75, 3.05) is 46.5 Å². The lowest BCUT2D eigenvalue weighted by atomic mass is 10.1. The molecule has 5 heteroatoms. The first-order valence-corrected chi connectivity index (χ1v) is 9.44. The van der Waals surface area contributed by atoms with Crippen molar-refractivity contribution in [2.24, 2.45) is 10.9 Å². The maximum Gasteiger partial charge on any atom is 0.193 e. The molecule has 1 fully saturated rings. The van der Waals surface area contributed by atoms with Crippen LogP contribution in [0.3, 0.4) is 0 Å². The highest BCUT2D eigenvalue weighted by Crippen LogP contribution is 2.16. The SMILES string of the molecule is CCNC(=NCCCCOc1ccc(C)cc1)N1CCC(COC)C1. The van der Waals surface area contributed by atoms with Gasteiger partial charge in [-0.25, -0.2) is 0 Å². The van der Waals surface area contributed by atoms with E-state index in [1.807, 2.05) is 12.1 Å². The second kappa shape index (κ2) is 11.0. The predicted molar refractivity (Wildman–Crippen MR) is 103 cm³/mol. The fourth-order valence-corrected chi connectivity index (χ4v) is 3.05. The van der Waals surface area contributed by atoms with Gasteiger partial charge < -0.3 is 19.7 Å². The van der Waals surface area contributed by atoms with Gasteiger partial charge in [-0.1, -0.05) is 17.7 Å². The monoisotopic (exact) mass is 347 g/mol. The van der Waals surface area contributed by atoms with E-state index >= 15 is 0 Å². The van der Waals surface area contributed by atoms with Crippen LogP contribution in [0.2, 0.25) is 0 Å². The minimum atomic E-state index is 0.622. The summed E-state index contributed by atoms with van der Waals surface area (Å²) in [7, 11) is 1.78. The summed E-state index contributed by atoms with van der Waals surface area (Å²) in [5, 5.41) is 3.41. The quantitative estimate of drug-likeness (QED) is 0.424. The van der Waals surface area contributed by atoms with E-state index in [1.54, 1.807) is 7.11 Å². The van der Waals surface area contributed by atoms with Gasteiger partial charge in [0.1, 0.15) is 5.75 Å². The number of ether oxygens (including phenoxy) is 2. The number of guanidine groups is 1. The molecule has 2 rings (SSSR count). The van der Waals surface area contributed by atoms with Gasteiger partial charge in [-0.2, -0.15) is 0 Å². The molecule has 1 aromatic rings. The Labute approximate surface area is 152 Å². The summed E-state index contributed by atoms with van der Waals surface area (Å²) in [4.78, 5) is 7.14. The van der Waals surface area contributed by atoms with E-state index in [4.69, 9.17) is 14.5 Å². The number of rotatable bonds is 9. The Hall–Kier alpha value is -1.75. The maximum atomic E-state index is 5.77. The Balaban J connectivity index is 1.68. The summed E-state index contributed by atoms with van der Waals surface area (Å²) < 4.78 is 11.0. The first-order chi connectivity index (χ1) is 12.2. The normalized spacial score (nSPS) is 17.8. The van der Waals surface area contributed by atoms with Crippen LogP contribution in [0, 0.1) is 12.8 Å². The molecule has 0 spiro atoms. The number of nitrogens with one attached hydrogen (secondary N) is 1. The topological polar surface area (TPSA) is 46.1 Å². The van der Waals surface area contributed by atoms with E-state index < -0.39 is 0 Å². The average molecular weight is 348 g/mol. The molecule has 0 amide bonds. The molecule has 1 heterocycles. The van der Waals surface area contributed by atoms with Crippen molar-refractivity contribution < 1.29 is 9.47 Å². The van der Waals surface area contributed by atoms with Gasteiger partial charge in [-0.3, -0.25) is 4.99 Å². The summed E-state index contributed by atoms with van der Waals surface area (Å²) in [6.45, 7) is 9.63. The predicted octanol–water partition coefficient (Wildman–Crippen LogP) is 3.09. The number of aliphatic imine (C=N–C) groups is 1. The van der Waals surface area contributed by atoms with Crippen LogP contribution >= 0.6 is 0 Å². The van der Waals surface area contributed by atoms with Crippen LogP contribution in [0.4, 0.5) is 0 Å². The summed E-state index contributed by atoms with van der Waals surface area (Å²) in [6, 6.07) is 8.21. The van der Waals surface area contributed by atoms with Crippen LogP contribution in [0.15, 0.2) is 29.3 Å².